The number of hydrogen-bond donors (Lipinski definition) is 2. The highest BCUT2D eigenvalue weighted by Crippen LogP contribution is 1.88. The Morgan fingerprint density at radius 1 is 1.30 bits per heavy atom. The van der Waals surface area contributed by atoms with Crippen molar-refractivity contribution in [3.63, 3.8) is 0 Å². The first kappa shape index (κ1) is 9.78. The highest BCUT2D eigenvalue weighted by Gasteiger charge is 2.04. The number of likely N-dealkylation sites (N-methyl/N-ethyl adjacent to an activating group) is 1. The van der Waals surface area contributed by atoms with Crippen molar-refractivity contribution < 1.29 is 8.78 Å². The molecule has 4 heteroatoms. The summed E-state index contributed by atoms with van der Waals surface area (Å²) in [6.45, 7) is 2.36. The molecule has 2 N–H and O–H groups in total. The third-order valence-electron chi connectivity index (χ3n) is 1.13. The van der Waals surface area contributed by atoms with Gasteiger partial charge in [0.1, 0.15) is 0 Å². The monoisotopic (exact) mass is 152 g/mol. The van der Waals surface area contributed by atoms with Gasteiger partial charge in [-0.2, -0.15) is 0 Å². The van der Waals surface area contributed by atoms with E-state index in [0.717, 1.165) is 0 Å². The molecule has 0 fully saturated rings. The molecule has 62 valence electrons. The predicted octanol–water partition coefficient (Wildman–Crippen LogP) is 0.449. The van der Waals surface area contributed by atoms with E-state index in [4.69, 9.17) is 0 Å². The van der Waals surface area contributed by atoms with Gasteiger partial charge in [-0.3, -0.25) is 0 Å². The van der Waals surface area contributed by atoms with Gasteiger partial charge < -0.3 is 10.6 Å². The molecule has 0 radical (unpaired) electrons. The van der Waals surface area contributed by atoms with Crippen molar-refractivity contribution in [1.29, 1.82) is 0 Å². The quantitative estimate of drug-likeness (QED) is 0.597. The lowest BCUT2D eigenvalue weighted by Gasteiger charge is -2.11. The minimum Gasteiger partial charge on any atom is -0.318 e. The van der Waals surface area contributed by atoms with Gasteiger partial charge in [-0.15, -0.1) is 0 Å². The topological polar surface area (TPSA) is 24.1 Å². The largest absolute Gasteiger partial charge is 0.318 e. The van der Waals surface area contributed by atoms with Crippen LogP contribution >= 0.6 is 0 Å². The molecule has 10 heavy (non-hydrogen) atoms. The normalized spacial score (nSPS) is 14.1. The van der Waals surface area contributed by atoms with E-state index in [0.29, 0.717) is 6.54 Å². The number of halogens is 2. The summed E-state index contributed by atoms with van der Waals surface area (Å²) < 4.78 is 23.1. The van der Waals surface area contributed by atoms with Crippen molar-refractivity contribution in [2.75, 3.05) is 20.1 Å². The van der Waals surface area contributed by atoms with Crippen molar-refractivity contribution >= 4 is 0 Å². The van der Waals surface area contributed by atoms with Crippen molar-refractivity contribution in [1.82, 2.24) is 10.6 Å². The van der Waals surface area contributed by atoms with Crippen LogP contribution in [0, 0.1) is 0 Å². The van der Waals surface area contributed by atoms with E-state index in [9.17, 15) is 8.78 Å². The third kappa shape index (κ3) is 5.91. The highest BCUT2D eigenvalue weighted by molar-refractivity contribution is 4.62. The molecule has 0 saturated heterocycles. The summed E-state index contributed by atoms with van der Waals surface area (Å²) in [5.74, 6) is 0. The van der Waals surface area contributed by atoms with E-state index in [1.807, 2.05) is 6.92 Å². The second-order valence-electron chi connectivity index (χ2n) is 2.26. The molecular weight excluding hydrogens is 138 g/mol. The lowest BCUT2D eigenvalue weighted by molar-refractivity contribution is 0.142. The maximum absolute atomic E-state index is 11.6. The van der Waals surface area contributed by atoms with Crippen molar-refractivity contribution in [3.8, 4) is 0 Å². The maximum Gasteiger partial charge on any atom is 0.250 e. The Balaban J connectivity index is 3.12. The molecule has 1 atom stereocenters. The molecule has 0 aromatic carbocycles. The Kier molecular flexibility index (Phi) is 5.43. The van der Waals surface area contributed by atoms with Crippen LogP contribution in [0.25, 0.3) is 0 Å². The minimum atomic E-state index is -2.25. The first-order valence-corrected chi connectivity index (χ1v) is 3.33. The molecule has 1 unspecified atom stereocenters. The zero-order valence-corrected chi connectivity index (χ0v) is 6.32. The summed E-state index contributed by atoms with van der Waals surface area (Å²) in [6.07, 6.45) is -2.25. The van der Waals surface area contributed by atoms with E-state index in [2.05, 4.69) is 10.6 Å². The van der Waals surface area contributed by atoms with Gasteiger partial charge in [-0.05, 0) is 14.0 Å². The fourth-order valence-electron chi connectivity index (χ4n) is 0.669. The lowest BCUT2D eigenvalue weighted by Crippen LogP contribution is -2.37. The Morgan fingerprint density at radius 2 is 1.90 bits per heavy atom. The summed E-state index contributed by atoms with van der Waals surface area (Å²) in [5, 5.41) is 5.55. The van der Waals surface area contributed by atoms with E-state index >= 15 is 0 Å². The molecular formula is C6H14F2N2. The second kappa shape index (κ2) is 5.56. The Labute approximate surface area is 60.0 Å². The molecule has 0 aliphatic rings. The maximum atomic E-state index is 11.6. The zero-order valence-electron chi connectivity index (χ0n) is 6.32. The van der Waals surface area contributed by atoms with Crippen LogP contribution < -0.4 is 10.6 Å². The minimum absolute atomic E-state index is 0.110. The summed E-state index contributed by atoms with van der Waals surface area (Å²) in [7, 11) is 1.79. The van der Waals surface area contributed by atoms with E-state index in [1.54, 1.807) is 7.05 Å². The van der Waals surface area contributed by atoms with Gasteiger partial charge >= 0.3 is 0 Å². The van der Waals surface area contributed by atoms with Gasteiger partial charge in [0.2, 0.25) is 0 Å². The standard InChI is InChI=1S/C6H14F2N2/c1-5(3-9-2)10-4-6(7)8/h5-6,9-10H,3-4H2,1-2H3. The molecule has 0 aromatic heterocycles. The summed E-state index contributed by atoms with van der Waals surface area (Å²) >= 11 is 0. The Bertz CT molecular complexity index is 78.1. The highest BCUT2D eigenvalue weighted by atomic mass is 19.3. The lowest BCUT2D eigenvalue weighted by atomic mass is 10.3. The first-order valence-electron chi connectivity index (χ1n) is 3.33. The van der Waals surface area contributed by atoms with Crippen molar-refractivity contribution in [3.05, 3.63) is 0 Å². The van der Waals surface area contributed by atoms with Crippen LogP contribution in [-0.4, -0.2) is 32.6 Å². The molecule has 0 amide bonds. The number of hydrogen-bond acceptors (Lipinski definition) is 2. The van der Waals surface area contributed by atoms with Crippen molar-refractivity contribution in [2.45, 2.75) is 19.4 Å². The van der Waals surface area contributed by atoms with E-state index in [-0.39, 0.29) is 12.6 Å². The Morgan fingerprint density at radius 3 is 2.30 bits per heavy atom. The summed E-state index contributed by atoms with van der Waals surface area (Å²) in [6, 6.07) is 0.110. The fraction of sp³-hybridized carbons (Fsp3) is 1.00. The molecule has 0 spiro atoms. The molecule has 0 aliphatic carbocycles. The average molecular weight is 152 g/mol. The molecule has 0 bridgehead atoms. The molecule has 0 rings (SSSR count). The van der Waals surface area contributed by atoms with Crippen molar-refractivity contribution in [2.24, 2.45) is 0 Å². The van der Waals surface area contributed by atoms with Crippen LogP contribution in [0.4, 0.5) is 8.78 Å². The van der Waals surface area contributed by atoms with Crippen LogP contribution in [0.15, 0.2) is 0 Å². The van der Waals surface area contributed by atoms with Crippen LogP contribution in [0.5, 0.6) is 0 Å². The van der Waals surface area contributed by atoms with Crippen LogP contribution in [0.2, 0.25) is 0 Å². The molecule has 0 saturated carbocycles. The Hall–Kier alpha value is -0.220. The van der Waals surface area contributed by atoms with Gasteiger partial charge in [0.15, 0.2) is 0 Å². The molecule has 0 aliphatic heterocycles. The van der Waals surface area contributed by atoms with Gasteiger partial charge in [0, 0.05) is 12.6 Å². The van der Waals surface area contributed by atoms with Crippen LogP contribution in [0.3, 0.4) is 0 Å². The smallest absolute Gasteiger partial charge is 0.250 e. The molecule has 0 aromatic rings. The molecule has 0 heterocycles. The first-order chi connectivity index (χ1) is 4.66. The van der Waals surface area contributed by atoms with Gasteiger partial charge in [-0.25, -0.2) is 8.78 Å². The van der Waals surface area contributed by atoms with E-state index in [1.165, 1.54) is 0 Å². The number of rotatable bonds is 5. The van der Waals surface area contributed by atoms with Crippen LogP contribution in [0.1, 0.15) is 6.92 Å². The summed E-state index contributed by atoms with van der Waals surface area (Å²) in [5.41, 5.74) is 0. The average Bonchev–Trinajstić information content (AvgIpc) is 1.85. The van der Waals surface area contributed by atoms with Gasteiger partial charge in [0.25, 0.3) is 6.43 Å². The van der Waals surface area contributed by atoms with Gasteiger partial charge in [0.05, 0.1) is 6.54 Å². The molecule has 2 nitrogen and oxygen atoms in total. The fourth-order valence-corrected chi connectivity index (χ4v) is 0.669. The number of alkyl halides is 2. The third-order valence-corrected chi connectivity index (χ3v) is 1.13. The SMILES string of the molecule is CNCC(C)NCC(F)F. The number of nitrogens with one attached hydrogen (secondary N) is 2. The van der Waals surface area contributed by atoms with Gasteiger partial charge in [-0.1, -0.05) is 0 Å². The predicted molar refractivity (Wildman–Crippen MR) is 37.4 cm³/mol. The van der Waals surface area contributed by atoms with Crippen LogP contribution in [-0.2, 0) is 0 Å². The zero-order chi connectivity index (χ0) is 7.98. The van der Waals surface area contributed by atoms with E-state index < -0.39 is 6.43 Å². The summed E-state index contributed by atoms with van der Waals surface area (Å²) in [4.78, 5) is 0. The second-order valence-corrected chi connectivity index (χ2v) is 2.26.